The molecule has 6 heteroatoms. The maximum Gasteiger partial charge on any atom is 0.266 e. The van der Waals surface area contributed by atoms with Crippen LogP contribution in [0, 0.1) is 0 Å². The smallest absolute Gasteiger partial charge is 0.266 e. The topological polar surface area (TPSA) is 38.8 Å². The van der Waals surface area contributed by atoms with Gasteiger partial charge in [-0.05, 0) is 48.7 Å². The Labute approximate surface area is 168 Å². The van der Waals surface area contributed by atoms with Crippen molar-refractivity contribution in [1.29, 1.82) is 0 Å². The zero-order valence-electron chi connectivity index (χ0n) is 14.7. The number of para-hydroxylation sites is 1. The molecular formula is C21H19NO3S2. The average Bonchev–Trinajstić information content (AvgIpc) is 3.27. The Bertz CT molecular complexity index is 876. The van der Waals surface area contributed by atoms with Gasteiger partial charge in [-0.15, -0.1) is 0 Å². The molecule has 2 aromatic carbocycles. The van der Waals surface area contributed by atoms with Gasteiger partial charge in [0.05, 0.1) is 17.6 Å². The van der Waals surface area contributed by atoms with Crippen LogP contribution in [-0.4, -0.2) is 34.4 Å². The number of rotatable bonds is 5. The summed E-state index contributed by atoms with van der Waals surface area (Å²) >= 11 is 6.75. The molecule has 0 aromatic heterocycles. The first-order chi connectivity index (χ1) is 13.2. The van der Waals surface area contributed by atoms with Gasteiger partial charge in [-0.2, -0.15) is 0 Å². The molecule has 0 bridgehead atoms. The van der Waals surface area contributed by atoms with E-state index in [2.05, 4.69) is 0 Å². The number of benzene rings is 2. The van der Waals surface area contributed by atoms with E-state index >= 15 is 0 Å². The number of thiocarbonyl (C=S) groups is 1. The minimum atomic E-state index is -0.0464. The van der Waals surface area contributed by atoms with Crippen LogP contribution in [0.2, 0.25) is 0 Å². The highest BCUT2D eigenvalue weighted by atomic mass is 32.2. The van der Waals surface area contributed by atoms with Crippen LogP contribution in [0.3, 0.4) is 0 Å². The largest absolute Gasteiger partial charge is 0.457 e. The molecular weight excluding hydrogens is 378 g/mol. The van der Waals surface area contributed by atoms with E-state index in [0.717, 1.165) is 36.5 Å². The third-order valence-corrected chi connectivity index (χ3v) is 5.80. The Kier molecular flexibility index (Phi) is 5.57. The van der Waals surface area contributed by atoms with Gasteiger partial charge in [0.25, 0.3) is 5.91 Å². The molecule has 0 N–H and O–H groups in total. The summed E-state index contributed by atoms with van der Waals surface area (Å²) in [7, 11) is 0. The van der Waals surface area contributed by atoms with Crippen molar-refractivity contribution in [2.75, 3.05) is 13.2 Å². The third kappa shape index (κ3) is 4.40. The predicted octanol–water partition coefficient (Wildman–Crippen LogP) is 4.86. The Morgan fingerprint density at radius 2 is 2.00 bits per heavy atom. The standard InChI is InChI=1S/C21H19NO3S2/c23-20-19(27-21(26)22(20)14-18-10-5-11-24-18)13-15-6-4-9-17(12-15)25-16-7-2-1-3-8-16/h1-4,6-9,12-13,18H,5,10-11,14H2. The Morgan fingerprint density at radius 3 is 2.78 bits per heavy atom. The second-order valence-corrected chi connectivity index (χ2v) is 8.09. The molecule has 2 fully saturated rings. The van der Waals surface area contributed by atoms with Gasteiger partial charge >= 0.3 is 0 Å². The van der Waals surface area contributed by atoms with Crippen LogP contribution in [0.4, 0.5) is 0 Å². The Balaban J connectivity index is 1.49. The lowest BCUT2D eigenvalue weighted by Gasteiger charge is -2.18. The fraction of sp³-hybridized carbons (Fsp3) is 0.238. The van der Waals surface area contributed by atoms with Crippen molar-refractivity contribution >= 4 is 40.3 Å². The van der Waals surface area contributed by atoms with E-state index < -0.39 is 0 Å². The van der Waals surface area contributed by atoms with Crippen molar-refractivity contribution in [2.24, 2.45) is 0 Å². The van der Waals surface area contributed by atoms with Gasteiger partial charge in [-0.3, -0.25) is 9.69 Å². The first kappa shape index (κ1) is 18.2. The molecule has 2 aliphatic rings. The van der Waals surface area contributed by atoms with Crippen LogP contribution in [0.5, 0.6) is 11.5 Å². The first-order valence-corrected chi connectivity index (χ1v) is 10.1. The van der Waals surface area contributed by atoms with Crippen molar-refractivity contribution < 1.29 is 14.3 Å². The SMILES string of the molecule is O=C1C(=Cc2cccc(Oc3ccccc3)c2)SC(=S)N1CC1CCCO1. The summed E-state index contributed by atoms with van der Waals surface area (Å²) in [5.41, 5.74) is 0.904. The van der Waals surface area contributed by atoms with E-state index in [-0.39, 0.29) is 12.0 Å². The molecule has 2 heterocycles. The van der Waals surface area contributed by atoms with Crippen LogP contribution in [0.15, 0.2) is 59.5 Å². The minimum Gasteiger partial charge on any atom is -0.457 e. The molecule has 2 saturated heterocycles. The fourth-order valence-electron chi connectivity index (χ4n) is 3.09. The maximum atomic E-state index is 12.7. The molecule has 0 spiro atoms. The maximum absolute atomic E-state index is 12.7. The highest BCUT2D eigenvalue weighted by Gasteiger charge is 2.34. The lowest BCUT2D eigenvalue weighted by atomic mass is 10.2. The van der Waals surface area contributed by atoms with Crippen LogP contribution < -0.4 is 4.74 Å². The number of carbonyl (C=O) groups is 1. The molecule has 27 heavy (non-hydrogen) atoms. The van der Waals surface area contributed by atoms with Gasteiger partial charge in [0.15, 0.2) is 0 Å². The first-order valence-electron chi connectivity index (χ1n) is 8.89. The second-order valence-electron chi connectivity index (χ2n) is 6.41. The van der Waals surface area contributed by atoms with E-state index in [1.54, 1.807) is 4.90 Å². The van der Waals surface area contributed by atoms with Crippen molar-refractivity contribution in [3.8, 4) is 11.5 Å². The molecule has 0 aliphatic carbocycles. The van der Waals surface area contributed by atoms with Gasteiger partial charge in [-0.25, -0.2) is 0 Å². The highest BCUT2D eigenvalue weighted by molar-refractivity contribution is 8.26. The molecule has 4 rings (SSSR count). The number of carbonyl (C=O) groups excluding carboxylic acids is 1. The number of thioether (sulfide) groups is 1. The summed E-state index contributed by atoms with van der Waals surface area (Å²) in [5.74, 6) is 1.46. The van der Waals surface area contributed by atoms with Crippen molar-refractivity contribution in [1.82, 2.24) is 4.90 Å². The average molecular weight is 398 g/mol. The summed E-state index contributed by atoms with van der Waals surface area (Å²) in [6.45, 7) is 1.31. The number of hydrogen-bond donors (Lipinski definition) is 0. The molecule has 1 atom stereocenters. The minimum absolute atomic E-state index is 0.0464. The van der Waals surface area contributed by atoms with E-state index in [1.165, 1.54) is 11.8 Å². The summed E-state index contributed by atoms with van der Waals surface area (Å²) < 4.78 is 12.1. The molecule has 2 aliphatic heterocycles. The molecule has 0 radical (unpaired) electrons. The summed E-state index contributed by atoms with van der Waals surface area (Å²) in [4.78, 5) is 15.0. The monoisotopic (exact) mass is 397 g/mol. The lowest BCUT2D eigenvalue weighted by Crippen LogP contribution is -2.35. The van der Waals surface area contributed by atoms with Crippen LogP contribution in [-0.2, 0) is 9.53 Å². The number of hydrogen-bond acceptors (Lipinski definition) is 5. The zero-order chi connectivity index (χ0) is 18.6. The Hall–Kier alpha value is -2.15. The summed E-state index contributed by atoms with van der Waals surface area (Å²) in [6, 6.07) is 17.3. The van der Waals surface area contributed by atoms with E-state index in [9.17, 15) is 4.79 Å². The van der Waals surface area contributed by atoms with Crippen LogP contribution in [0.1, 0.15) is 18.4 Å². The molecule has 2 aromatic rings. The summed E-state index contributed by atoms with van der Waals surface area (Å²) in [5, 5.41) is 0. The molecule has 138 valence electrons. The molecule has 1 amide bonds. The van der Waals surface area contributed by atoms with Crippen molar-refractivity contribution in [3.05, 3.63) is 65.1 Å². The molecule has 4 nitrogen and oxygen atoms in total. The Morgan fingerprint density at radius 1 is 1.19 bits per heavy atom. The third-order valence-electron chi connectivity index (χ3n) is 4.42. The quantitative estimate of drug-likeness (QED) is 0.532. The van der Waals surface area contributed by atoms with Crippen LogP contribution in [0.25, 0.3) is 6.08 Å². The van der Waals surface area contributed by atoms with Crippen molar-refractivity contribution in [2.45, 2.75) is 18.9 Å². The number of ether oxygens (including phenoxy) is 2. The number of amides is 1. The van der Waals surface area contributed by atoms with Gasteiger partial charge in [-0.1, -0.05) is 54.3 Å². The van der Waals surface area contributed by atoms with E-state index in [1.807, 2.05) is 60.7 Å². The van der Waals surface area contributed by atoms with Crippen molar-refractivity contribution in [3.63, 3.8) is 0 Å². The lowest BCUT2D eigenvalue weighted by molar-refractivity contribution is -0.123. The van der Waals surface area contributed by atoms with E-state index in [0.29, 0.717) is 15.8 Å². The van der Waals surface area contributed by atoms with Gasteiger partial charge in [0.2, 0.25) is 0 Å². The zero-order valence-corrected chi connectivity index (χ0v) is 16.3. The van der Waals surface area contributed by atoms with Gasteiger partial charge < -0.3 is 9.47 Å². The van der Waals surface area contributed by atoms with Crippen LogP contribution >= 0.6 is 24.0 Å². The molecule has 0 saturated carbocycles. The second kappa shape index (κ2) is 8.25. The van der Waals surface area contributed by atoms with E-state index in [4.69, 9.17) is 21.7 Å². The highest BCUT2D eigenvalue weighted by Crippen LogP contribution is 2.34. The predicted molar refractivity (Wildman–Crippen MR) is 112 cm³/mol. The number of nitrogens with zero attached hydrogens (tertiary/aromatic N) is 1. The summed E-state index contributed by atoms with van der Waals surface area (Å²) in [6.07, 6.45) is 3.99. The fourth-order valence-corrected chi connectivity index (χ4v) is 4.37. The van der Waals surface area contributed by atoms with Gasteiger partial charge in [0.1, 0.15) is 15.8 Å². The normalized spacial score (nSPS) is 21.3. The van der Waals surface area contributed by atoms with Gasteiger partial charge in [0, 0.05) is 6.61 Å². The molecule has 1 unspecified atom stereocenters.